The van der Waals surface area contributed by atoms with E-state index in [1.54, 1.807) is 0 Å². The van der Waals surface area contributed by atoms with Crippen LogP contribution in [0.5, 0.6) is 0 Å². The molecule has 0 aromatic rings. The second-order valence-corrected chi connectivity index (χ2v) is 14.2. The van der Waals surface area contributed by atoms with Gasteiger partial charge in [0.25, 0.3) is 0 Å². The highest BCUT2D eigenvalue weighted by Gasteiger charge is 2.12. The van der Waals surface area contributed by atoms with Crippen LogP contribution in [0, 0.1) is 5.92 Å². The molecule has 0 saturated heterocycles. The molecule has 270 valence electrons. The zero-order valence-electron chi connectivity index (χ0n) is 31.4. The average Bonchev–Trinajstić information content (AvgIpc) is 3.04. The Hall–Kier alpha value is -0.610. The quantitative estimate of drug-likeness (QED) is 0.0416. The molecule has 0 aliphatic carbocycles. The van der Waals surface area contributed by atoms with Gasteiger partial charge in [0.1, 0.15) is 0 Å². The Morgan fingerprint density at radius 2 is 0.844 bits per heavy atom. The maximum Gasteiger partial charge on any atom is 0.305 e. The largest absolute Gasteiger partial charge is 0.466 e. The zero-order valence-corrected chi connectivity index (χ0v) is 31.4. The fourth-order valence-electron chi connectivity index (χ4n) is 6.50. The first-order valence-corrected chi connectivity index (χ1v) is 20.7. The number of carbonyl (C=O) groups excluding carboxylic acids is 1. The Balaban J connectivity index is 4.14. The number of nitrogens with one attached hydrogen (secondary N) is 1. The minimum absolute atomic E-state index is 0.0134. The van der Waals surface area contributed by atoms with Gasteiger partial charge < -0.3 is 9.57 Å². The van der Waals surface area contributed by atoms with Crippen LogP contribution >= 0.6 is 0 Å². The first kappa shape index (κ1) is 44.4. The van der Waals surface area contributed by atoms with Crippen LogP contribution in [0.25, 0.3) is 0 Å². The van der Waals surface area contributed by atoms with Gasteiger partial charge in [0.2, 0.25) is 0 Å². The number of hydrogen-bond donors (Lipinski definition) is 1. The fourth-order valence-corrected chi connectivity index (χ4v) is 6.50. The Morgan fingerprint density at radius 3 is 1.36 bits per heavy atom. The summed E-state index contributed by atoms with van der Waals surface area (Å²) in [5, 5.41) is 0. The maximum atomic E-state index is 12.4. The van der Waals surface area contributed by atoms with Gasteiger partial charge in [-0.2, -0.15) is 5.48 Å². The summed E-state index contributed by atoms with van der Waals surface area (Å²) in [7, 11) is 0. The van der Waals surface area contributed by atoms with E-state index in [0.717, 1.165) is 31.8 Å². The summed E-state index contributed by atoms with van der Waals surface area (Å²) < 4.78 is 5.66. The predicted octanol–water partition coefficient (Wildman–Crippen LogP) is 13.6. The van der Waals surface area contributed by atoms with Crippen molar-refractivity contribution < 1.29 is 14.4 Å². The minimum atomic E-state index is 0.0134. The van der Waals surface area contributed by atoms with Crippen molar-refractivity contribution in [3.8, 4) is 0 Å². The molecule has 45 heavy (non-hydrogen) atoms. The molecule has 0 rings (SSSR count). The summed E-state index contributed by atoms with van der Waals surface area (Å²) >= 11 is 0. The molecule has 0 aliphatic rings. The van der Waals surface area contributed by atoms with Crippen molar-refractivity contribution in [2.75, 3.05) is 13.2 Å². The predicted molar refractivity (Wildman–Crippen MR) is 198 cm³/mol. The number of hydroxylamine groups is 1. The molecular formula is C41H83NO3. The number of esters is 1. The number of unbranched alkanes of at least 4 members (excludes halogenated alkanes) is 21. The van der Waals surface area contributed by atoms with Crippen LogP contribution in [0.1, 0.15) is 233 Å². The summed E-state index contributed by atoms with van der Waals surface area (Å²) in [5.41, 5.74) is 3.46. The Labute approximate surface area is 283 Å². The molecule has 0 amide bonds. The Bertz CT molecular complexity index is 559. The maximum absolute atomic E-state index is 12.4. The second kappa shape index (κ2) is 37.8. The topological polar surface area (TPSA) is 47.6 Å². The molecule has 0 heterocycles. The lowest BCUT2D eigenvalue weighted by Gasteiger charge is -2.19. The number of carbonyl (C=O) groups is 1. The van der Waals surface area contributed by atoms with Gasteiger partial charge in [-0.1, -0.05) is 195 Å². The van der Waals surface area contributed by atoms with Crippen molar-refractivity contribution in [2.24, 2.45) is 5.92 Å². The lowest BCUT2D eigenvalue weighted by Crippen LogP contribution is -2.29. The van der Waals surface area contributed by atoms with Crippen LogP contribution < -0.4 is 5.48 Å². The highest BCUT2D eigenvalue weighted by Crippen LogP contribution is 2.21. The third-order valence-corrected chi connectivity index (χ3v) is 9.66. The van der Waals surface area contributed by atoms with E-state index in [-0.39, 0.29) is 5.97 Å². The van der Waals surface area contributed by atoms with Crippen molar-refractivity contribution in [2.45, 2.75) is 239 Å². The van der Waals surface area contributed by atoms with Gasteiger partial charge in [0, 0.05) is 12.5 Å². The van der Waals surface area contributed by atoms with Crippen molar-refractivity contribution in [1.82, 2.24) is 5.48 Å². The summed E-state index contributed by atoms with van der Waals surface area (Å²) in [5.74, 6) is 0.743. The van der Waals surface area contributed by atoms with Gasteiger partial charge in [-0.3, -0.25) is 4.79 Å². The first-order valence-electron chi connectivity index (χ1n) is 20.7. The van der Waals surface area contributed by atoms with Gasteiger partial charge in [0.15, 0.2) is 0 Å². The fraction of sp³-hybridized carbons (Fsp3) is 0.976. The number of hydrogen-bond acceptors (Lipinski definition) is 4. The van der Waals surface area contributed by atoms with Crippen LogP contribution in [0.15, 0.2) is 0 Å². The van der Waals surface area contributed by atoms with Gasteiger partial charge in [-0.25, -0.2) is 0 Å². The van der Waals surface area contributed by atoms with Gasteiger partial charge in [-0.05, 0) is 38.0 Å². The van der Waals surface area contributed by atoms with E-state index < -0.39 is 0 Å². The summed E-state index contributed by atoms with van der Waals surface area (Å²) in [4.78, 5) is 18.3. The molecule has 0 saturated carbocycles. The molecule has 0 bridgehead atoms. The molecule has 0 radical (unpaired) electrons. The Morgan fingerprint density at radius 1 is 0.444 bits per heavy atom. The smallest absolute Gasteiger partial charge is 0.305 e. The summed E-state index contributed by atoms with van der Waals surface area (Å²) in [6.45, 7) is 10.6. The third kappa shape index (κ3) is 34.5. The monoisotopic (exact) mass is 638 g/mol. The molecule has 0 aromatic heterocycles. The molecule has 1 unspecified atom stereocenters. The second-order valence-electron chi connectivity index (χ2n) is 14.2. The third-order valence-electron chi connectivity index (χ3n) is 9.66. The molecular weight excluding hydrogens is 554 g/mol. The van der Waals surface area contributed by atoms with E-state index in [1.807, 2.05) is 0 Å². The van der Waals surface area contributed by atoms with Crippen LogP contribution in [0.3, 0.4) is 0 Å². The molecule has 4 heteroatoms. The van der Waals surface area contributed by atoms with Crippen LogP contribution in [-0.2, 0) is 14.4 Å². The first-order chi connectivity index (χ1) is 22.2. The minimum Gasteiger partial charge on any atom is -0.466 e. The van der Waals surface area contributed by atoms with Gasteiger partial charge >= 0.3 is 5.97 Å². The zero-order chi connectivity index (χ0) is 32.9. The van der Waals surface area contributed by atoms with E-state index in [4.69, 9.17) is 9.57 Å². The van der Waals surface area contributed by atoms with Gasteiger partial charge in [-0.15, -0.1) is 0 Å². The molecule has 1 atom stereocenters. The summed E-state index contributed by atoms with van der Waals surface area (Å²) in [6, 6.07) is 0.465. The van der Waals surface area contributed by atoms with E-state index in [9.17, 15) is 4.79 Å². The molecule has 0 spiro atoms. The van der Waals surface area contributed by atoms with Crippen LogP contribution in [0.2, 0.25) is 0 Å². The van der Waals surface area contributed by atoms with Crippen molar-refractivity contribution in [3.63, 3.8) is 0 Å². The molecule has 1 N–H and O–H groups in total. The average molecular weight is 638 g/mol. The molecule has 4 nitrogen and oxygen atoms in total. The molecule has 0 aromatic carbocycles. The van der Waals surface area contributed by atoms with Crippen molar-refractivity contribution >= 4 is 5.97 Å². The van der Waals surface area contributed by atoms with E-state index >= 15 is 0 Å². The summed E-state index contributed by atoms with van der Waals surface area (Å²) in [6.07, 6.45) is 40.6. The highest BCUT2D eigenvalue weighted by atomic mass is 16.6. The van der Waals surface area contributed by atoms with E-state index in [2.05, 4.69) is 33.2 Å². The van der Waals surface area contributed by atoms with Crippen molar-refractivity contribution in [3.05, 3.63) is 0 Å². The van der Waals surface area contributed by atoms with Crippen LogP contribution in [-0.4, -0.2) is 25.2 Å². The lowest BCUT2D eigenvalue weighted by molar-refractivity contribution is -0.144. The van der Waals surface area contributed by atoms with Gasteiger partial charge in [0.05, 0.1) is 13.2 Å². The highest BCUT2D eigenvalue weighted by molar-refractivity contribution is 5.69. The lowest BCUT2D eigenvalue weighted by atomic mass is 9.92. The van der Waals surface area contributed by atoms with E-state index in [0.29, 0.717) is 19.1 Å². The van der Waals surface area contributed by atoms with Crippen molar-refractivity contribution in [1.29, 1.82) is 0 Å². The normalized spacial score (nSPS) is 12.3. The Kier molecular flexibility index (Phi) is 37.3. The van der Waals surface area contributed by atoms with E-state index in [1.165, 1.54) is 180 Å². The molecule has 0 aliphatic heterocycles. The van der Waals surface area contributed by atoms with Crippen LogP contribution in [0.4, 0.5) is 0 Å². The standard InChI is InChI=1S/C41H83NO3/c1-5-9-13-15-17-19-21-27-33-40(42-45-37-30-24-20-18-16-14-10-6-2)34-28-22-23-29-35-41(43)44-38-36-39(31-25-11-7-3)32-26-12-8-4/h39-40,42H,5-38H2,1-4H3. The number of ether oxygens (including phenoxy) is 1. The number of rotatable bonds is 38. The SMILES string of the molecule is CCCCCCCCCCONC(CCCCCCCCCC)CCCCCCC(=O)OCCC(CCCCC)CCCCC. The molecule has 0 fully saturated rings.